The van der Waals surface area contributed by atoms with Crippen LogP contribution in [-0.2, 0) is 0 Å². The fraction of sp³-hybridized carbons (Fsp3) is 0.250. The molecule has 0 nitrogen and oxygen atoms in total. The summed E-state index contributed by atoms with van der Waals surface area (Å²) in [5, 5.41) is 0. The molecule has 0 spiro atoms. The Balaban J connectivity index is 3.28. The zero-order valence-corrected chi connectivity index (χ0v) is 8.16. The van der Waals surface area contributed by atoms with Gasteiger partial charge in [0, 0.05) is 5.56 Å². The summed E-state index contributed by atoms with van der Waals surface area (Å²) >= 11 is 2.59. The molecule has 0 aromatic heterocycles. The molecule has 0 heterocycles. The largest absolute Gasteiger partial charge is 0.266 e. The highest BCUT2D eigenvalue weighted by Crippen LogP contribution is 2.32. The van der Waals surface area contributed by atoms with Gasteiger partial charge in [-0.3, -0.25) is 0 Å². The van der Waals surface area contributed by atoms with Crippen molar-refractivity contribution < 1.29 is 22.0 Å². The van der Waals surface area contributed by atoms with Gasteiger partial charge in [0.2, 0.25) is 0 Å². The summed E-state index contributed by atoms with van der Waals surface area (Å²) < 4.78 is 61.1. The van der Waals surface area contributed by atoms with E-state index in [0.29, 0.717) is 6.07 Å². The minimum atomic E-state index is -3.11. The molecule has 1 aromatic carbocycles. The number of hydrogen-bond donors (Lipinski definition) is 0. The number of hydrogen-bond acceptors (Lipinski definition) is 0. The van der Waals surface area contributed by atoms with Crippen LogP contribution in [0.5, 0.6) is 0 Å². The van der Waals surface area contributed by atoms with Crippen LogP contribution < -0.4 is 0 Å². The Morgan fingerprint density at radius 1 is 1.00 bits per heavy atom. The Morgan fingerprint density at radius 2 is 1.57 bits per heavy atom. The highest BCUT2D eigenvalue weighted by molar-refractivity contribution is 9.10. The smallest absolute Gasteiger partial charge is 0.205 e. The molecule has 0 aliphatic rings. The van der Waals surface area contributed by atoms with Gasteiger partial charge >= 0.3 is 0 Å². The normalized spacial score (nSPS) is 11.4. The summed E-state index contributed by atoms with van der Waals surface area (Å²) in [5.41, 5.74) is -1.65. The molecule has 14 heavy (non-hydrogen) atoms. The van der Waals surface area contributed by atoms with E-state index in [2.05, 4.69) is 15.9 Å². The third-order valence-electron chi connectivity index (χ3n) is 1.57. The molecule has 0 bridgehead atoms. The topological polar surface area (TPSA) is 0 Å². The second-order valence-corrected chi connectivity index (χ2v) is 3.36. The van der Waals surface area contributed by atoms with Gasteiger partial charge in [0.25, 0.3) is 12.9 Å². The van der Waals surface area contributed by atoms with Crippen molar-refractivity contribution in [3.05, 3.63) is 33.5 Å². The van der Waals surface area contributed by atoms with Gasteiger partial charge < -0.3 is 0 Å². The van der Waals surface area contributed by atoms with Crippen molar-refractivity contribution in [3.63, 3.8) is 0 Å². The second kappa shape index (κ2) is 4.25. The Morgan fingerprint density at radius 3 is 2.00 bits per heavy atom. The van der Waals surface area contributed by atoms with Crippen LogP contribution in [-0.4, -0.2) is 0 Å². The summed E-state index contributed by atoms with van der Waals surface area (Å²) in [7, 11) is 0. The maximum atomic E-state index is 12.9. The molecule has 0 aliphatic carbocycles. The summed E-state index contributed by atoms with van der Waals surface area (Å²) in [6.45, 7) is 0. The predicted molar refractivity (Wildman–Crippen MR) is 44.0 cm³/mol. The van der Waals surface area contributed by atoms with E-state index >= 15 is 0 Å². The monoisotopic (exact) mass is 274 g/mol. The molecule has 0 saturated heterocycles. The van der Waals surface area contributed by atoms with Gasteiger partial charge in [0.15, 0.2) is 0 Å². The molecule has 0 fully saturated rings. The van der Waals surface area contributed by atoms with E-state index in [9.17, 15) is 22.0 Å². The molecule has 0 amide bonds. The lowest BCUT2D eigenvalue weighted by molar-refractivity contribution is 0.140. The highest BCUT2D eigenvalue weighted by atomic mass is 79.9. The molecule has 0 radical (unpaired) electrons. The Labute approximate surface area is 84.9 Å². The summed E-state index contributed by atoms with van der Waals surface area (Å²) in [6, 6.07) is 1.25. The van der Waals surface area contributed by atoms with Crippen LogP contribution in [0, 0.1) is 5.82 Å². The van der Waals surface area contributed by atoms with Crippen molar-refractivity contribution in [2.45, 2.75) is 12.9 Å². The average Bonchev–Trinajstić information content (AvgIpc) is 2.08. The maximum absolute atomic E-state index is 12.9. The van der Waals surface area contributed by atoms with Crippen molar-refractivity contribution in [3.8, 4) is 0 Å². The molecule has 0 aliphatic heterocycles. The number of rotatable bonds is 2. The first-order valence-electron chi connectivity index (χ1n) is 3.48. The Hall–Kier alpha value is -0.650. The number of halogens is 6. The molecule has 0 N–H and O–H groups in total. The number of benzene rings is 1. The molecule has 0 saturated carbocycles. The van der Waals surface area contributed by atoms with Gasteiger partial charge in [0.05, 0.1) is 10.0 Å². The Bertz CT molecular complexity index is 337. The molecule has 1 rings (SSSR count). The molecular formula is C8H4BrF5. The third-order valence-corrected chi connectivity index (χ3v) is 2.14. The first kappa shape index (κ1) is 11.4. The van der Waals surface area contributed by atoms with Gasteiger partial charge in [0.1, 0.15) is 5.82 Å². The first-order chi connectivity index (χ1) is 6.43. The summed E-state index contributed by atoms with van der Waals surface area (Å²) in [4.78, 5) is 0. The van der Waals surface area contributed by atoms with Crippen LogP contribution in [0.1, 0.15) is 24.0 Å². The lowest BCUT2D eigenvalue weighted by Crippen LogP contribution is -1.96. The molecular weight excluding hydrogens is 271 g/mol. The van der Waals surface area contributed by atoms with Gasteiger partial charge in [-0.2, -0.15) is 0 Å². The van der Waals surface area contributed by atoms with Crippen molar-refractivity contribution in [2.24, 2.45) is 0 Å². The molecule has 78 valence electrons. The molecule has 6 heteroatoms. The van der Waals surface area contributed by atoms with E-state index in [-0.39, 0.29) is 4.47 Å². The van der Waals surface area contributed by atoms with Gasteiger partial charge in [-0.1, -0.05) is 0 Å². The lowest BCUT2D eigenvalue weighted by Gasteiger charge is -2.07. The van der Waals surface area contributed by atoms with Gasteiger partial charge in [-0.15, -0.1) is 0 Å². The zero-order valence-electron chi connectivity index (χ0n) is 6.58. The molecule has 1 aromatic rings. The minimum Gasteiger partial charge on any atom is -0.205 e. The van der Waals surface area contributed by atoms with Crippen LogP contribution in [0.3, 0.4) is 0 Å². The van der Waals surface area contributed by atoms with Crippen molar-refractivity contribution in [1.29, 1.82) is 0 Å². The SMILES string of the molecule is Fc1c(Br)cc(C(F)F)cc1C(F)F. The Kier molecular flexibility index (Phi) is 3.47. The van der Waals surface area contributed by atoms with Crippen LogP contribution in [0.15, 0.2) is 16.6 Å². The van der Waals surface area contributed by atoms with E-state index in [1.807, 2.05) is 0 Å². The van der Waals surface area contributed by atoms with Crippen LogP contribution in [0.2, 0.25) is 0 Å². The van der Waals surface area contributed by atoms with Gasteiger partial charge in [-0.25, -0.2) is 22.0 Å². The maximum Gasteiger partial charge on any atom is 0.266 e. The van der Waals surface area contributed by atoms with Crippen molar-refractivity contribution in [2.75, 3.05) is 0 Å². The standard InChI is InChI=1S/C8H4BrF5/c9-5-2-3(7(11)12)1-4(6(5)10)8(13)14/h1-2,7-8H. The van der Waals surface area contributed by atoms with Crippen LogP contribution in [0.4, 0.5) is 22.0 Å². The first-order valence-corrected chi connectivity index (χ1v) is 4.28. The van der Waals surface area contributed by atoms with Crippen molar-refractivity contribution in [1.82, 2.24) is 0 Å². The van der Waals surface area contributed by atoms with E-state index in [0.717, 1.165) is 6.07 Å². The minimum absolute atomic E-state index is 0.384. The number of alkyl halides is 4. The van der Waals surface area contributed by atoms with Crippen LogP contribution in [0.25, 0.3) is 0 Å². The van der Waals surface area contributed by atoms with Crippen LogP contribution >= 0.6 is 15.9 Å². The molecule has 0 unspecified atom stereocenters. The summed E-state index contributed by atoms with van der Waals surface area (Å²) in [5.74, 6) is -1.20. The fourth-order valence-electron chi connectivity index (χ4n) is 0.917. The fourth-order valence-corrected chi connectivity index (χ4v) is 1.41. The second-order valence-electron chi connectivity index (χ2n) is 2.51. The van der Waals surface area contributed by atoms with E-state index < -0.39 is 29.8 Å². The zero-order chi connectivity index (χ0) is 10.9. The lowest BCUT2D eigenvalue weighted by atomic mass is 10.1. The quantitative estimate of drug-likeness (QED) is 0.699. The predicted octanol–water partition coefficient (Wildman–Crippen LogP) is 4.46. The highest BCUT2D eigenvalue weighted by Gasteiger charge is 2.20. The average molecular weight is 275 g/mol. The summed E-state index contributed by atoms with van der Waals surface area (Å²) in [6.07, 6.45) is -6.01. The van der Waals surface area contributed by atoms with E-state index in [4.69, 9.17) is 0 Å². The molecule has 0 atom stereocenters. The van der Waals surface area contributed by atoms with Crippen molar-refractivity contribution >= 4 is 15.9 Å². The third kappa shape index (κ3) is 2.23. The van der Waals surface area contributed by atoms with E-state index in [1.54, 1.807) is 0 Å². The van der Waals surface area contributed by atoms with E-state index in [1.165, 1.54) is 0 Å². The van der Waals surface area contributed by atoms with Gasteiger partial charge in [-0.05, 0) is 28.1 Å².